The summed E-state index contributed by atoms with van der Waals surface area (Å²) >= 11 is 1.72. The molecule has 0 spiro atoms. The van der Waals surface area contributed by atoms with E-state index >= 15 is 0 Å². The van der Waals surface area contributed by atoms with Crippen LogP contribution in [0.5, 0.6) is 0 Å². The molecule has 6 heteroatoms. The highest BCUT2D eigenvalue weighted by Crippen LogP contribution is 2.25. The largest absolute Gasteiger partial charge is 0.467 e. The zero-order valence-electron chi connectivity index (χ0n) is 14.4. The van der Waals surface area contributed by atoms with Gasteiger partial charge in [0.15, 0.2) is 5.16 Å². The van der Waals surface area contributed by atoms with Crippen molar-refractivity contribution in [1.82, 2.24) is 14.9 Å². The van der Waals surface area contributed by atoms with E-state index in [9.17, 15) is 4.79 Å². The summed E-state index contributed by atoms with van der Waals surface area (Å²) in [4.78, 5) is 17.1. The summed E-state index contributed by atoms with van der Waals surface area (Å²) in [6.07, 6.45) is 5.19. The minimum atomic E-state index is -0.0463. The van der Waals surface area contributed by atoms with Crippen LogP contribution in [-0.2, 0) is 17.9 Å². The predicted octanol–water partition coefficient (Wildman–Crippen LogP) is 4.23. The van der Waals surface area contributed by atoms with Crippen LogP contribution in [0.1, 0.15) is 31.9 Å². The minimum absolute atomic E-state index is 0.0463. The van der Waals surface area contributed by atoms with Crippen LogP contribution in [0, 0.1) is 0 Å². The van der Waals surface area contributed by atoms with Gasteiger partial charge < -0.3 is 14.3 Å². The molecule has 0 radical (unpaired) electrons. The molecule has 2 aromatic heterocycles. The zero-order chi connectivity index (χ0) is 17.5. The number of para-hydroxylation sites is 2. The molecule has 1 N–H and O–H groups in total. The molecule has 5 nitrogen and oxygen atoms in total. The smallest absolute Gasteiger partial charge is 0.240 e. The van der Waals surface area contributed by atoms with E-state index in [4.69, 9.17) is 9.40 Å². The number of thioether (sulfide) groups is 1. The number of nitrogens with zero attached hydrogens (tertiary/aromatic N) is 2. The lowest BCUT2D eigenvalue weighted by atomic mass is 10.3. The average Bonchev–Trinajstić information content (AvgIpc) is 3.25. The number of unbranched alkanes of at least 4 members (excludes halogenated alkanes) is 2. The topological polar surface area (TPSA) is 60.1 Å². The van der Waals surface area contributed by atoms with Crippen LogP contribution in [0.15, 0.2) is 52.2 Å². The molecule has 2 heterocycles. The number of carbonyl (C=O) groups is 1. The molecule has 0 unspecified atom stereocenters. The molecule has 3 aromatic rings. The molecule has 25 heavy (non-hydrogen) atoms. The Kier molecular flexibility index (Phi) is 6.17. The SMILES string of the molecule is CCCCCSc1nc2ccccc2n1CC(=O)NCc1ccco1. The van der Waals surface area contributed by atoms with Gasteiger partial charge >= 0.3 is 0 Å². The van der Waals surface area contributed by atoms with E-state index in [0.717, 1.165) is 34.1 Å². The lowest BCUT2D eigenvalue weighted by Crippen LogP contribution is -2.27. The minimum Gasteiger partial charge on any atom is -0.467 e. The summed E-state index contributed by atoms with van der Waals surface area (Å²) < 4.78 is 7.25. The number of hydrogen-bond donors (Lipinski definition) is 1. The van der Waals surface area contributed by atoms with Gasteiger partial charge in [0.2, 0.25) is 5.91 Å². The molecule has 132 valence electrons. The first kappa shape index (κ1) is 17.6. The molecule has 0 bridgehead atoms. The van der Waals surface area contributed by atoms with Crippen molar-refractivity contribution in [3.8, 4) is 0 Å². The Morgan fingerprint density at radius 1 is 1.24 bits per heavy atom. The van der Waals surface area contributed by atoms with Crippen LogP contribution >= 0.6 is 11.8 Å². The summed E-state index contributed by atoms with van der Waals surface area (Å²) in [6, 6.07) is 11.6. The average molecular weight is 357 g/mol. The molecule has 0 aliphatic heterocycles. The van der Waals surface area contributed by atoms with Crippen molar-refractivity contribution in [3.05, 3.63) is 48.4 Å². The van der Waals surface area contributed by atoms with Crippen molar-refractivity contribution < 1.29 is 9.21 Å². The van der Waals surface area contributed by atoms with Crippen LogP contribution < -0.4 is 5.32 Å². The Hall–Kier alpha value is -2.21. The molecule has 0 saturated carbocycles. The van der Waals surface area contributed by atoms with Crippen LogP contribution in [-0.4, -0.2) is 21.2 Å². The molecule has 0 fully saturated rings. The van der Waals surface area contributed by atoms with Crippen LogP contribution in [0.25, 0.3) is 11.0 Å². The number of aromatic nitrogens is 2. The van der Waals surface area contributed by atoms with Gasteiger partial charge in [-0.15, -0.1) is 0 Å². The number of amides is 1. The quantitative estimate of drug-likeness (QED) is 0.460. The Bertz CT molecular complexity index is 811. The Balaban J connectivity index is 1.70. The lowest BCUT2D eigenvalue weighted by molar-refractivity contribution is -0.122. The maximum atomic E-state index is 12.4. The Morgan fingerprint density at radius 2 is 2.12 bits per heavy atom. The van der Waals surface area contributed by atoms with Gasteiger partial charge in [-0.1, -0.05) is 43.7 Å². The molecular formula is C19H23N3O2S. The Labute approximate surface area is 151 Å². The molecule has 1 aromatic carbocycles. The van der Waals surface area contributed by atoms with Gasteiger partial charge in [0, 0.05) is 5.75 Å². The number of rotatable bonds is 9. The van der Waals surface area contributed by atoms with Gasteiger partial charge in [-0.25, -0.2) is 4.98 Å². The van der Waals surface area contributed by atoms with Gasteiger partial charge in [0.05, 0.1) is 23.8 Å². The summed E-state index contributed by atoms with van der Waals surface area (Å²) in [5, 5.41) is 3.81. The number of imidazole rings is 1. The number of nitrogens with one attached hydrogen (secondary N) is 1. The summed E-state index contributed by atoms with van der Waals surface area (Å²) in [6.45, 7) is 2.86. The first-order valence-electron chi connectivity index (χ1n) is 8.65. The van der Waals surface area contributed by atoms with Crippen LogP contribution in [0.3, 0.4) is 0 Å². The third kappa shape index (κ3) is 4.66. The molecule has 0 aliphatic carbocycles. The highest BCUT2D eigenvalue weighted by molar-refractivity contribution is 7.99. The zero-order valence-corrected chi connectivity index (χ0v) is 15.2. The number of furan rings is 1. The van der Waals surface area contributed by atoms with E-state index in [2.05, 4.69) is 12.2 Å². The number of hydrogen-bond acceptors (Lipinski definition) is 4. The van der Waals surface area contributed by atoms with Gasteiger partial charge in [0.1, 0.15) is 12.3 Å². The van der Waals surface area contributed by atoms with E-state index in [1.54, 1.807) is 18.0 Å². The molecule has 3 rings (SSSR count). The lowest BCUT2D eigenvalue weighted by Gasteiger charge is -2.09. The first-order chi connectivity index (χ1) is 12.3. The van der Waals surface area contributed by atoms with E-state index in [1.165, 1.54) is 12.8 Å². The van der Waals surface area contributed by atoms with Crippen molar-refractivity contribution in [2.75, 3.05) is 5.75 Å². The second-order valence-corrected chi connectivity index (χ2v) is 6.94. The highest BCUT2D eigenvalue weighted by atomic mass is 32.2. The molecule has 0 saturated heterocycles. The molecular weight excluding hydrogens is 334 g/mol. The third-order valence-corrected chi connectivity index (χ3v) is 5.00. The van der Waals surface area contributed by atoms with Crippen molar-refractivity contribution in [3.63, 3.8) is 0 Å². The van der Waals surface area contributed by atoms with Crippen molar-refractivity contribution in [2.45, 2.75) is 44.4 Å². The van der Waals surface area contributed by atoms with Gasteiger partial charge in [-0.05, 0) is 30.7 Å². The summed E-state index contributed by atoms with van der Waals surface area (Å²) in [7, 11) is 0. The van der Waals surface area contributed by atoms with Crippen molar-refractivity contribution >= 4 is 28.7 Å². The molecule has 1 amide bonds. The third-order valence-electron chi connectivity index (χ3n) is 3.94. The van der Waals surface area contributed by atoms with E-state index < -0.39 is 0 Å². The molecule has 0 aliphatic rings. The number of fused-ring (bicyclic) bond motifs is 1. The maximum absolute atomic E-state index is 12.4. The van der Waals surface area contributed by atoms with Gasteiger partial charge in [-0.2, -0.15) is 0 Å². The second kappa shape index (κ2) is 8.76. The summed E-state index contributed by atoms with van der Waals surface area (Å²) in [5.74, 6) is 1.72. The van der Waals surface area contributed by atoms with Gasteiger partial charge in [0.25, 0.3) is 0 Å². The van der Waals surface area contributed by atoms with E-state index in [1.807, 2.05) is 41.0 Å². The van der Waals surface area contributed by atoms with Crippen LogP contribution in [0.4, 0.5) is 0 Å². The van der Waals surface area contributed by atoms with E-state index in [0.29, 0.717) is 6.54 Å². The fraction of sp³-hybridized carbons (Fsp3) is 0.368. The second-order valence-electron chi connectivity index (χ2n) is 5.88. The number of benzene rings is 1. The van der Waals surface area contributed by atoms with Crippen molar-refractivity contribution in [1.29, 1.82) is 0 Å². The van der Waals surface area contributed by atoms with E-state index in [-0.39, 0.29) is 12.5 Å². The number of carbonyl (C=O) groups excluding carboxylic acids is 1. The van der Waals surface area contributed by atoms with Gasteiger partial charge in [-0.3, -0.25) is 4.79 Å². The van der Waals surface area contributed by atoms with Crippen LogP contribution in [0.2, 0.25) is 0 Å². The normalized spacial score (nSPS) is 11.1. The maximum Gasteiger partial charge on any atom is 0.240 e. The monoisotopic (exact) mass is 357 g/mol. The Morgan fingerprint density at radius 3 is 2.92 bits per heavy atom. The molecule has 0 atom stereocenters. The highest BCUT2D eigenvalue weighted by Gasteiger charge is 2.14. The van der Waals surface area contributed by atoms with Crippen molar-refractivity contribution in [2.24, 2.45) is 0 Å². The predicted molar refractivity (Wildman–Crippen MR) is 101 cm³/mol. The fourth-order valence-electron chi connectivity index (χ4n) is 2.63. The standard InChI is InChI=1S/C19H23N3O2S/c1-2-3-6-12-25-19-21-16-9-4-5-10-17(16)22(19)14-18(23)20-13-15-8-7-11-24-15/h4-5,7-11H,2-3,6,12-14H2,1H3,(H,20,23). The summed E-state index contributed by atoms with van der Waals surface area (Å²) in [5.41, 5.74) is 1.92. The fourth-order valence-corrected chi connectivity index (χ4v) is 3.64. The first-order valence-corrected chi connectivity index (χ1v) is 9.63.